The summed E-state index contributed by atoms with van der Waals surface area (Å²) in [5.74, 6) is 0. The molecule has 1 heterocycles. The number of aryl methyl sites for hydroxylation is 3. The van der Waals surface area contributed by atoms with Crippen molar-refractivity contribution in [2.24, 2.45) is 0 Å². The van der Waals surface area contributed by atoms with Crippen LogP contribution in [0.3, 0.4) is 0 Å². The molecule has 3 nitrogen and oxygen atoms in total. The molecule has 0 saturated heterocycles. The molecule has 2 rings (SSSR count). The summed E-state index contributed by atoms with van der Waals surface area (Å²) in [4.78, 5) is 0. The normalized spacial score (nSPS) is 12.7. The summed E-state index contributed by atoms with van der Waals surface area (Å²) in [6.07, 6.45) is 0.911. The third-order valence-corrected chi connectivity index (χ3v) is 5.33. The Morgan fingerprint density at radius 3 is 2.57 bits per heavy atom. The van der Waals surface area contributed by atoms with Gasteiger partial charge < -0.3 is 5.32 Å². The summed E-state index contributed by atoms with van der Waals surface area (Å²) in [7, 11) is 2.01. The van der Waals surface area contributed by atoms with Gasteiger partial charge in [-0.25, -0.2) is 0 Å². The highest BCUT2D eigenvalue weighted by atomic mass is 79.9. The molecule has 1 aromatic carbocycles. The van der Waals surface area contributed by atoms with E-state index in [2.05, 4.69) is 79.0 Å². The number of halogens is 2. The average molecular weight is 415 g/mol. The Hall–Kier alpha value is -0.650. The molecule has 0 aliphatic carbocycles. The topological polar surface area (TPSA) is 29.9 Å². The van der Waals surface area contributed by atoms with E-state index in [1.54, 1.807) is 0 Å². The maximum Gasteiger partial charge on any atom is 0.0738 e. The maximum atomic E-state index is 4.58. The summed E-state index contributed by atoms with van der Waals surface area (Å²) in [5, 5.41) is 8.02. The van der Waals surface area contributed by atoms with Gasteiger partial charge >= 0.3 is 0 Å². The van der Waals surface area contributed by atoms with Gasteiger partial charge in [0.05, 0.1) is 15.9 Å². The molecule has 5 heteroatoms. The molecular formula is C16H21Br2N3. The van der Waals surface area contributed by atoms with Gasteiger partial charge in [0.1, 0.15) is 0 Å². The van der Waals surface area contributed by atoms with Gasteiger partial charge in [0, 0.05) is 23.5 Å². The van der Waals surface area contributed by atoms with E-state index in [0.29, 0.717) is 0 Å². The van der Waals surface area contributed by atoms with Crippen LogP contribution in [0.5, 0.6) is 0 Å². The fourth-order valence-corrected chi connectivity index (χ4v) is 3.58. The first-order valence-electron chi connectivity index (χ1n) is 7.13. The summed E-state index contributed by atoms with van der Waals surface area (Å²) >= 11 is 7.21. The van der Waals surface area contributed by atoms with E-state index in [1.165, 1.54) is 16.8 Å². The van der Waals surface area contributed by atoms with Crippen LogP contribution in [0.1, 0.15) is 35.5 Å². The Balaban J connectivity index is 2.35. The predicted octanol–water partition coefficient (Wildman–Crippen LogP) is 4.55. The van der Waals surface area contributed by atoms with Crippen molar-refractivity contribution in [2.75, 3.05) is 7.05 Å². The molecule has 1 N–H and O–H groups in total. The van der Waals surface area contributed by atoms with Gasteiger partial charge in [-0.1, -0.05) is 22.0 Å². The number of aromatic nitrogens is 2. The lowest BCUT2D eigenvalue weighted by atomic mass is 9.97. The molecule has 0 bridgehead atoms. The molecule has 1 unspecified atom stereocenters. The minimum absolute atomic E-state index is 0.274. The van der Waals surface area contributed by atoms with E-state index < -0.39 is 0 Å². The lowest BCUT2D eigenvalue weighted by molar-refractivity contribution is 0.538. The molecule has 0 amide bonds. The summed E-state index contributed by atoms with van der Waals surface area (Å²) < 4.78 is 4.33. The molecule has 0 spiro atoms. The number of likely N-dealkylation sites (N-methyl/N-ethyl adjacent to an activating group) is 1. The van der Waals surface area contributed by atoms with Crippen molar-refractivity contribution >= 4 is 31.9 Å². The van der Waals surface area contributed by atoms with Crippen LogP contribution in [-0.2, 0) is 13.0 Å². The molecule has 0 aliphatic rings. The fourth-order valence-electron chi connectivity index (χ4n) is 2.65. The number of hydrogen-bond acceptors (Lipinski definition) is 2. The predicted molar refractivity (Wildman–Crippen MR) is 94.7 cm³/mol. The highest BCUT2D eigenvalue weighted by Crippen LogP contribution is 2.28. The van der Waals surface area contributed by atoms with Crippen molar-refractivity contribution in [1.29, 1.82) is 0 Å². The van der Waals surface area contributed by atoms with Crippen LogP contribution in [0.2, 0.25) is 0 Å². The van der Waals surface area contributed by atoms with E-state index in [1.807, 2.05) is 14.0 Å². The van der Waals surface area contributed by atoms with Crippen LogP contribution in [0.4, 0.5) is 0 Å². The minimum Gasteiger partial charge on any atom is -0.313 e. The van der Waals surface area contributed by atoms with Crippen LogP contribution in [0, 0.1) is 13.8 Å². The van der Waals surface area contributed by atoms with Crippen molar-refractivity contribution < 1.29 is 0 Å². The molecule has 0 saturated carbocycles. The van der Waals surface area contributed by atoms with Crippen LogP contribution in [-0.4, -0.2) is 16.8 Å². The zero-order valence-corrected chi connectivity index (χ0v) is 16.0. The second-order valence-corrected chi connectivity index (χ2v) is 6.92. The zero-order valence-electron chi connectivity index (χ0n) is 12.9. The van der Waals surface area contributed by atoms with Gasteiger partial charge in [-0.05, 0) is 67.0 Å². The number of rotatable bonds is 5. The number of nitrogens with one attached hydrogen (secondary N) is 1. The first kappa shape index (κ1) is 16.7. The molecule has 1 atom stereocenters. The zero-order chi connectivity index (χ0) is 15.6. The van der Waals surface area contributed by atoms with Crippen molar-refractivity contribution in [1.82, 2.24) is 15.1 Å². The highest BCUT2D eigenvalue weighted by molar-refractivity contribution is 9.10. The number of nitrogens with zero attached hydrogens (tertiary/aromatic N) is 2. The van der Waals surface area contributed by atoms with E-state index in [-0.39, 0.29) is 6.04 Å². The number of benzene rings is 1. The third-order valence-electron chi connectivity index (χ3n) is 3.81. The molecule has 114 valence electrons. The second-order valence-electron chi connectivity index (χ2n) is 5.21. The van der Waals surface area contributed by atoms with Gasteiger partial charge in [0.15, 0.2) is 0 Å². The van der Waals surface area contributed by atoms with E-state index in [4.69, 9.17) is 0 Å². The van der Waals surface area contributed by atoms with Gasteiger partial charge in [-0.2, -0.15) is 5.10 Å². The van der Waals surface area contributed by atoms with Crippen LogP contribution in [0.25, 0.3) is 0 Å². The monoisotopic (exact) mass is 413 g/mol. The van der Waals surface area contributed by atoms with Crippen LogP contribution < -0.4 is 5.32 Å². The standard InChI is InChI=1S/C16H21Br2N3/c1-5-21-15(16(18)11(3)20-21)9-14(19-4)13-7-6-12(17)8-10(13)2/h6-8,14,19H,5,9H2,1-4H3. The van der Waals surface area contributed by atoms with Crippen LogP contribution >= 0.6 is 31.9 Å². The smallest absolute Gasteiger partial charge is 0.0738 e. The van der Waals surface area contributed by atoms with Crippen molar-refractivity contribution in [2.45, 2.75) is 39.8 Å². The Morgan fingerprint density at radius 1 is 1.29 bits per heavy atom. The lowest BCUT2D eigenvalue weighted by Gasteiger charge is -2.20. The fraction of sp³-hybridized carbons (Fsp3) is 0.438. The van der Waals surface area contributed by atoms with Crippen molar-refractivity contribution in [3.05, 3.63) is 49.7 Å². The lowest BCUT2D eigenvalue weighted by Crippen LogP contribution is -2.21. The van der Waals surface area contributed by atoms with Gasteiger partial charge in [-0.3, -0.25) is 4.68 Å². The Labute approximate surface area is 143 Å². The summed E-state index contributed by atoms with van der Waals surface area (Å²) in [6.45, 7) is 7.21. The molecule has 0 radical (unpaired) electrons. The quantitative estimate of drug-likeness (QED) is 0.777. The number of hydrogen-bond donors (Lipinski definition) is 1. The first-order valence-corrected chi connectivity index (χ1v) is 8.71. The van der Waals surface area contributed by atoms with Gasteiger partial charge in [0.2, 0.25) is 0 Å². The first-order chi connectivity index (χ1) is 9.97. The maximum absolute atomic E-state index is 4.58. The van der Waals surface area contributed by atoms with E-state index in [9.17, 15) is 0 Å². The van der Waals surface area contributed by atoms with Crippen molar-refractivity contribution in [3.8, 4) is 0 Å². The van der Waals surface area contributed by atoms with Crippen LogP contribution in [0.15, 0.2) is 27.1 Å². The molecule has 2 aromatic rings. The summed E-state index contributed by atoms with van der Waals surface area (Å²) in [6, 6.07) is 6.73. The van der Waals surface area contributed by atoms with E-state index >= 15 is 0 Å². The second kappa shape index (κ2) is 7.07. The Bertz CT molecular complexity index is 635. The Kier molecular flexibility index (Phi) is 5.63. The highest BCUT2D eigenvalue weighted by Gasteiger charge is 2.19. The molecule has 0 aliphatic heterocycles. The third kappa shape index (κ3) is 3.58. The molecular weight excluding hydrogens is 394 g/mol. The molecule has 1 aromatic heterocycles. The summed E-state index contributed by atoms with van der Waals surface area (Å²) in [5.41, 5.74) is 4.92. The molecule has 21 heavy (non-hydrogen) atoms. The largest absolute Gasteiger partial charge is 0.313 e. The van der Waals surface area contributed by atoms with E-state index in [0.717, 1.165) is 27.6 Å². The van der Waals surface area contributed by atoms with Gasteiger partial charge in [0.25, 0.3) is 0 Å². The van der Waals surface area contributed by atoms with Crippen molar-refractivity contribution in [3.63, 3.8) is 0 Å². The molecule has 0 fully saturated rings. The Morgan fingerprint density at radius 2 is 2.00 bits per heavy atom. The SMILES string of the molecule is CCn1nc(C)c(Br)c1CC(NC)c1ccc(Br)cc1C. The average Bonchev–Trinajstić information content (AvgIpc) is 2.72. The minimum atomic E-state index is 0.274. The van der Waals surface area contributed by atoms with Gasteiger partial charge in [-0.15, -0.1) is 0 Å².